The number of hydrogen-bond donors (Lipinski definition) is 0. The Hall–Kier alpha value is -1.000. The van der Waals surface area contributed by atoms with Crippen LogP contribution in [0.5, 0.6) is 0 Å². The Morgan fingerprint density at radius 1 is 1.04 bits per heavy atom. The van der Waals surface area contributed by atoms with Gasteiger partial charge in [0.15, 0.2) is 0 Å². The molecule has 23 heavy (non-hydrogen) atoms. The van der Waals surface area contributed by atoms with Gasteiger partial charge in [-0.05, 0) is 29.2 Å². The minimum absolute atomic E-state index is 0.0642. The molecule has 2 saturated heterocycles. The molecule has 0 aromatic carbocycles. The van der Waals surface area contributed by atoms with Crippen LogP contribution < -0.4 is 0 Å². The van der Waals surface area contributed by atoms with E-state index in [9.17, 15) is 0 Å². The van der Waals surface area contributed by atoms with Crippen LogP contribution >= 0.6 is 23.5 Å². The maximum absolute atomic E-state index is 6.46. The monoisotopic (exact) mass is 342 g/mol. The molecule has 0 amide bonds. The van der Waals surface area contributed by atoms with Gasteiger partial charge >= 0.3 is 0 Å². The van der Waals surface area contributed by atoms with E-state index in [4.69, 9.17) is 9.47 Å². The lowest BCUT2D eigenvalue weighted by atomic mass is 9.58. The SMILES string of the molecule is C1=CC23COC4=CC5(CC6=COCC64C2=CC=C1C3)SCCS5. The van der Waals surface area contributed by atoms with E-state index in [1.54, 1.807) is 0 Å². The van der Waals surface area contributed by atoms with Gasteiger partial charge in [0.1, 0.15) is 24.4 Å². The van der Waals surface area contributed by atoms with Crippen LogP contribution in [-0.2, 0) is 9.47 Å². The molecule has 0 aromatic heterocycles. The van der Waals surface area contributed by atoms with E-state index < -0.39 is 0 Å². The molecule has 0 N–H and O–H groups in total. The summed E-state index contributed by atoms with van der Waals surface area (Å²) in [6, 6.07) is 0. The summed E-state index contributed by atoms with van der Waals surface area (Å²) < 4.78 is 12.5. The second-order valence-electron chi connectivity index (χ2n) is 7.33. The summed E-state index contributed by atoms with van der Waals surface area (Å²) >= 11 is 4.15. The van der Waals surface area contributed by atoms with Gasteiger partial charge < -0.3 is 9.47 Å². The normalized spacial score (nSPS) is 41.0. The van der Waals surface area contributed by atoms with Crippen molar-refractivity contribution in [2.45, 2.75) is 16.9 Å². The van der Waals surface area contributed by atoms with Gasteiger partial charge in [0.25, 0.3) is 0 Å². The fourth-order valence-corrected chi connectivity index (χ4v) is 8.17. The molecule has 2 atom stereocenters. The van der Waals surface area contributed by atoms with Crippen LogP contribution in [0.3, 0.4) is 0 Å². The number of hydrogen-bond acceptors (Lipinski definition) is 4. The standard InChI is InChI=1S/C19H18O2S2/c1-2-15-17(4-3-13(1)7-17)11-21-16-9-18(22-5-6-23-18)8-14-10-20-12-19(14,15)16/h1-4,9-10H,5-8,11-12H2. The van der Waals surface area contributed by atoms with E-state index in [-0.39, 0.29) is 14.9 Å². The number of ether oxygens (including phenoxy) is 2. The predicted octanol–water partition coefficient (Wildman–Crippen LogP) is 4.19. The lowest BCUT2D eigenvalue weighted by molar-refractivity contribution is 0.0368. The van der Waals surface area contributed by atoms with Gasteiger partial charge in [0, 0.05) is 23.3 Å². The number of fused-ring (bicyclic) bond motifs is 1. The molecule has 2 unspecified atom stereocenters. The average molecular weight is 342 g/mol. The molecule has 3 aliphatic heterocycles. The molecule has 3 heterocycles. The Kier molecular flexibility index (Phi) is 2.40. The maximum atomic E-state index is 6.46. The van der Waals surface area contributed by atoms with Crippen LogP contribution in [0.25, 0.3) is 0 Å². The third kappa shape index (κ3) is 1.50. The lowest BCUT2D eigenvalue weighted by Crippen LogP contribution is -2.49. The Balaban J connectivity index is 1.57. The number of allylic oxidation sites excluding steroid dienone is 4. The van der Waals surface area contributed by atoms with Crippen LogP contribution in [0, 0.1) is 10.8 Å². The Bertz CT molecular complexity index is 766. The summed E-state index contributed by atoms with van der Waals surface area (Å²) in [5, 5.41) is 0. The second-order valence-corrected chi connectivity index (χ2v) is 10.4. The van der Waals surface area contributed by atoms with E-state index >= 15 is 0 Å². The molecule has 2 bridgehead atoms. The molecule has 3 aliphatic carbocycles. The predicted molar refractivity (Wildman–Crippen MR) is 95.1 cm³/mol. The molecule has 2 nitrogen and oxygen atoms in total. The second kappa shape index (κ2) is 4.15. The first kappa shape index (κ1) is 13.3. The molecule has 4 heteroatoms. The first-order valence-electron chi connectivity index (χ1n) is 8.31. The summed E-state index contributed by atoms with van der Waals surface area (Å²) in [7, 11) is 0. The zero-order valence-corrected chi connectivity index (χ0v) is 14.5. The number of thioether (sulfide) groups is 2. The quantitative estimate of drug-likeness (QED) is 0.657. The summed E-state index contributed by atoms with van der Waals surface area (Å²) in [4.78, 5) is 0. The summed E-state index contributed by atoms with van der Waals surface area (Å²) in [6.45, 7) is 1.49. The van der Waals surface area contributed by atoms with Crippen molar-refractivity contribution < 1.29 is 9.47 Å². The van der Waals surface area contributed by atoms with Crippen molar-refractivity contribution in [3.63, 3.8) is 0 Å². The fourth-order valence-electron chi connectivity index (χ4n) is 5.08. The van der Waals surface area contributed by atoms with Crippen molar-refractivity contribution in [1.82, 2.24) is 0 Å². The van der Waals surface area contributed by atoms with E-state index in [1.807, 2.05) is 6.26 Å². The molecule has 6 rings (SSSR count). The van der Waals surface area contributed by atoms with Crippen LogP contribution in [0.2, 0.25) is 0 Å². The molecular formula is C19H18O2S2. The highest BCUT2D eigenvalue weighted by Crippen LogP contribution is 2.67. The fraction of sp³-hybridized carbons (Fsp3) is 0.474. The van der Waals surface area contributed by atoms with Gasteiger partial charge in [0.05, 0.1) is 10.3 Å². The zero-order chi connectivity index (χ0) is 15.1. The molecule has 0 aromatic rings. The molecule has 0 radical (unpaired) electrons. The summed E-state index contributed by atoms with van der Waals surface area (Å²) in [5.41, 5.74) is 4.30. The van der Waals surface area contributed by atoms with Gasteiger partial charge in [-0.3, -0.25) is 0 Å². The van der Waals surface area contributed by atoms with Gasteiger partial charge in [-0.1, -0.05) is 24.3 Å². The highest BCUT2D eigenvalue weighted by atomic mass is 32.2. The van der Waals surface area contributed by atoms with Crippen LogP contribution in [-0.4, -0.2) is 28.8 Å². The Morgan fingerprint density at radius 3 is 2.87 bits per heavy atom. The van der Waals surface area contributed by atoms with Crippen LogP contribution in [0.4, 0.5) is 0 Å². The summed E-state index contributed by atoms with van der Waals surface area (Å²) in [6.07, 6.45) is 16.0. The minimum Gasteiger partial charge on any atom is -0.499 e. The topological polar surface area (TPSA) is 18.5 Å². The lowest BCUT2D eigenvalue weighted by Gasteiger charge is -2.52. The van der Waals surface area contributed by atoms with E-state index in [1.165, 1.54) is 28.2 Å². The smallest absolute Gasteiger partial charge is 0.112 e. The van der Waals surface area contributed by atoms with Gasteiger partial charge in [-0.15, -0.1) is 23.5 Å². The van der Waals surface area contributed by atoms with Gasteiger partial charge in [-0.2, -0.15) is 0 Å². The first-order chi connectivity index (χ1) is 11.2. The molecule has 3 spiro atoms. The van der Waals surface area contributed by atoms with Gasteiger partial charge in [-0.25, -0.2) is 0 Å². The molecule has 0 saturated carbocycles. The van der Waals surface area contributed by atoms with Crippen LogP contribution in [0.15, 0.2) is 59.1 Å². The van der Waals surface area contributed by atoms with Crippen molar-refractivity contribution in [2.24, 2.45) is 10.8 Å². The highest BCUT2D eigenvalue weighted by Gasteiger charge is 2.62. The third-order valence-corrected chi connectivity index (χ3v) is 9.42. The van der Waals surface area contributed by atoms with E-state index in [0.29, 0.717) is 6.61 Å². The van der Waals surface area contributed by atoms with Crippen molar-refractivity contribution in [1.29, 1.82) is 0 Å². The highest BCUT2D eigenvalue weighted by molar-refractivity contribution is 8.21. The van der Waals surface area contributed by atoms with Crippen LogP contribution in [0.1, 0.15) is 12.8 Å². The van der Waals surface area contributed by atoms with Crippen molar-refractivity contribution in [3.8, 4) is 0 Å². The van der Waals surface area contributed by atoms with E-state index in [0.717, 1.165) is 25.2 Å². The third-order valence-electron chi connectivity index (χ3n) is 6.14. The average Bonchev–Trinajstić information content (AvgIpc) is 3.25. The number of rotatable bonds is 0. The molecular weight excluding hydrogens is 324 g/mol. The maximum Gasteiger partial charge on any atom is 0.112 e. The molecule has 118 valence electrons. The summed E-state index contributed by atoms with van der Waals surface area (Å²) in [5.74, 6) is 3.62. The van der Waals surface area contributed by atoms with Crippen molar-refractivity contribution >= 4 is 23.5 Å². The molecule has 2 fully saturated rings. The molecule has 6 aliphatic rings. The van der Waals surface area contributed by atoms with E-state index in [2.05, 4.69) is 53.9 Å². The minimum atomic E-state index is -0.135. The zero-order valence-electron chi connectivity index (χ0n) is 12.8. The van der Waals surface area contributed by atoms with Crippen molar-refractivity contribution in [2.75, 3.05) is 24.7 Å². The van der Waals surface area contributed by atoms with Gasteiger partial charge in [0.2, 0.25) is 0 Å². The Morgan fingerprint density at radius 2 is 1.96 bits per heavy atom. The first-order valence-corrected chi connectivity index (χ1v) is 10.3. The largest absolute Gasteiger partial charge is 0.499 e. The van der Waals surface area contributed by atoms with Crippen molar-refractivity contribution in [3.05, 3.63) is 59.1 Å². The Labute approximate surface area is 144 Å².